The van der Waals surface area contributed by atoms with Gasteiger partial charge in [-0.3, -0.25) is 14.6 Å². The first-order valence-corrected chi connectivity index (χ1v) is 10.8. The van der Waals surface area contributed by atoms with Crippen molar-refractivity contribution in [2.24, 2.45) is 0 Å². The third-order valence-corrected chi connectivity index (χ3v) is 5.82. The number of benzene rings is 3. The molecule has 2 heterocycles. The van der Waals surface area contributed by atoms with Crippen molar-refractivity contribution in [2.45, 2.75) is 6.42 Å². The number of fused-ring (bicyclic) bond motifs is 2. The van der Waals surface area contributed by atoms with Gasteiger partial charge in [-0.2, -0.15) is 0 Å². The summed E-state index contributed by atoms with van der Waals surface area (Å²) in [6, 6.07) is 17.6. The number of halogens is 1. The van der Waals surface area contributed by atoms with Crippen LogP contribution in [0.4, 0.5) is 21.5 Å². The molecule has 0 atom stereocenters. The van der Waals surface area contributed by atoms with E-state index in [1.807, 2.05) is 24.3 Å². The van der Waals surface area contributed by atoms with Gasteiger partial charge in [0.1, 0.15) is 11.6 Å². The Bertz CT molecular complexity index is 1490. The molecule has 0 fully saturated rings. The van der Waals surface area contributed by atoms with E-state index in [1.165, 1.54) is 13.3 Å². The maximum atomic E-state index is 14.3. The number of anilines is 3. The number of carboxylic acids is 1. The number of ether oxygens (including phenoxy) is 1. The fourth-order valence-electron chi connectivity index (χ4n) is 4.14. The summed E-state index contributed by atoms with van der Waals surface area (Å²) < 4.78 is 19.8. The molecular formula is C27H20FN3O4. The summed E-state index contributed by atoms with van der Waals surface area (Å²) in [4.78, 5) is 27.7. The van der Waals surface area contributed by atoms with Gasteiger partial charge in [-0.1, -0.05) is 18.2 Å². The van der Waals surface area contributed by atoms with E-state index in [9.17, 15) is 14.0 Å². The van der Waals surface area contributed by atoms with Gasteiger partial charge in [-0.15, -0.1) is 0 Å². The van der Waals surface area contributed by atoms with Crippen LogP contribution in [-0.4, -0.2) is 29.1 Å². The number of methoxy groups -OCH3 is 1. The van der Waals surface area contributed by atoms with E-state index in [4.69, 9.17) is 9.84 Å². The van der Waals surface area contributed by atoms with Crippen LogP contribution in [0.2, 0.25) is 0 Å². The number of aromatic nitrogens is 1. The van der Waals surface area contributed by atoms with Crippen LogP contribution < -0.4 is 15.4 Å². The predicted octanol–water partition coefficient (Wildman–Crippen LogP) is 5.50. The van der Waals surface area contributed by atoms with E-state index >= 15 is 0 Å². The van der Waals surface area contributed by atoms with Crippen molar-refractivity contribution in [3.8, 4) is 28.0 Å². The average molecular weight is 469 g/mol. The van der Waals surface area contributed by atoms with Gasteiger partial charge in [0.05, 0.1) is 42.4 Å². The molecule has 0 radical (unpaired) electrons. The summed E-state index contributed by atoms with van der Waals surface area (Å²) in [6.07, 6.45) is 2.55. The molecule has 0 unspecified atom stereocenters. The lowest BCUT2D eigenvalue weighted by Gasteiger charge is -2.14. The molecule has 0 saturated heterocycles. The molecular weight excluding hydrogens is 449 g/mol. The third kappa shape index (κ3) is 4.29. The van der Waals surface area contributed by atoms with Gasteiger partial charge in [-0.05, 0) is 59.2 Å². The van der Waals surface area contributed by atoms with Crippen LogP contribution in [0.3, 0.4) is 0 Å². The Kier molecular flexibility index (Phi) is 5.62. The van der Waals surface area contributed by atoms with Crippen molar-refractivity contribution >= 4 is 28.9 Å². The molecule has 3 N–H and O–H groups in total. The standard InChI is InChI=1S/C27H20FN3O4/c1-35-25-13-17(3-5-19(25)18-8-9-29-14-21(18)28)16-4-6-20-23(12-16)30-22-7-2-15(11-26(32)33)10-24(22)31-27(20)34/h2-10,12-14,30H,11H2,1H3,(H,31,34)(H,32,33). The molecule has 5 rings (SSSR count). The fourth-order valence-corrected chi connectivity index (χ4v) is 4.14. The lowest BCUT2D eigenvalue weighted by atomic mass is 9.98. The van der Waals surface area contributed by atoms with Crippen LogP contribution in [0.25, 0.3) is 22.3 Å². The molecule has 1 aliphatic rings. The van der Waals surface area contributed by atoms with Crippen LogP contribution in [0.5, 0.6) is 5.75 Å². The molecule has 3 aromatic carbocycles. The molecule has 1 aliphatic heterocycles. The lowest BCUT2D eigenvalue weighted by molar-refractivity contribution is -0.136. The molecule has 35 heavy (non-hydrogen) atoms. The first-order valence-electron chi connectivity index (χ1n) is 10.8. The van der Waals surface area contributed by atoms with Crippen molar-refractivity contribution < 1.29 is 23.8 Å². The minimum Gasteiger partial charge on any atom is -0.496 e. The highest BCUT2D eigenvalue weighted by Crippen LogP contribution is 2.38. The normalized spacial score (nSPS) is 12.0. The zero-order valence-electron chi connectivity index (χ0n) is 18.6. The number of hydrogen-bond donors (Lipinski definition) is 3. The van der Waals surface area contributed by atoms with Crippen molar-refractivity contribution in [1.82, 2.24) is 4.98 Å². The number of rotatable bonds is 5. The number of nitrogens with zero attached hydrogens (tertiary/aromatic N) is 1. The van der Waals surface area contributed by atoms with Crippen molar-refractivity contribution in [2.75, 3.05) is 17.7 Å². The van der Waals surface area contributed by atoms with Crippen molar-refractivity contribution in [3.63, 3.8) is 0 Å². The van der Waals surface area contributed by atoms with E-state index in [0.29, 0.717) is 45.1 Å². The smallest absolute Gasteiger partial charge is 0.307 e. The van der Waals surface area contributed by atoms with Crippen LogP contribution in [0.15, 0.2) is 73.1 Å². The van der Waals surface area contributed by atoms with Crippen LogP contribution in [0, 0.1) is 5.82 Å². The lowest BCUT2D eigenvalue weighted by Crippen LogP contribution is -2.11. The van der Waals surface area contributed by atoms with Gasteiger partial charge < -0.3 is 20.5 Å². The average Bonchev–Trinajstić information content (AvgIpc) is 2.98. The van der Waals surface area contributed by atoms with E-state index < -0.39 is 11.8 Å². The molecule has 4 aromatic rings. The van der Waals surface area contributed by atoms with Gasteiger partial charge in [0.25, 0.3) is 5.91 Å². The maximum absolute atomic E-state index is 14.3. The number of carbonyl (C=O) groups is 2. The monoisotopic (exact) mass is 469 g/mol. The van der Waals surface area contributed by atoms with Crippen LogP contribution in [0.1, 0.15) is 15.9 Å². The maximum Gasteiger partial charge on any atom is 0.307 e. The minimum absolute atomic E-state index is 0.137. The van der Waals surface area contributed by atoms with Crippen molar-refractivity contribution in [3.05, 3.63) is 90.0 Å². The second-order valence-electron chi connectivity index (χ2n) is 8.06. The third-order valence-electron chi connectivity index (χ3n) is 5.82. The van der Waals surface area contributed by atoms with Gasteiger partial charge >= 0.3 is 5.97 Å². The largest absolute Gasteiger partial charge is 0.496 e. The summed E-state index contributed by atoms with van der Waals surface area (Å²) >= 11 is 0. The molecule has 7 nitrogen and oxygen atoms in total. The number of pyridine rings is 1. The summed E-state index contributed by atoms with van der Waals surface area (Å²) in [5.41, 5.74) is 5.46. The molecule has 0 bridgehead atoms. The summed E-state index contributed by atoms with van der Waals surface area (Å²) in [7, 11) is 1.53. The highest BCUT2D eigenvalue weighted by molar-refractivity contribution is 6.12. The number of carbonyl (C=O) groups excluding carboxylic acids is 1. The van der Waals surface area contributed by atoms with Crippen LogP contribution in [-0.2, 0) is 11.2 Å². The van der Waals surface area contributed by atoms with E-state index in [2.05, 4.69) is 15.6 Å². The SMILES string of the molecule is COc1cc(-c2ccc3c(c2)Nc2ccc(CC(=O)O)cc2NC3=O)ccc1-c1ccncc1F. The fraction of sp³-hybridized carbons (Fsp3) is 0.0741. The van der Waals surface area contributed by atoms with Crippen LogP contribution >= 0.6 is 0 Å². The second-order valence-corrected chi connectivity index (χ2v) is 8.06. The Hall–Kier alpha value is -4.72. The first-order chi connectivity index (χ1) is 16.9. The van der Waals surface area contributed by atoms with Gasteiger partial charge in [-0.25, -0.2) is 4.39 Å². The Morgan fingerprint density at radius 1 is 0.914 bits per heavy atom. The minimum atomic E-state index is -0.945. The molecule has 1 amide bonds. The van der Waals surface area contributed by atoms with Gasteiger partial charge in [0.15, 0.2) is 0 Å². The molecule has 0 saturated carbocycles. The number of aliphatic carboxylic acids is 1. The first kappa shape index (κ1) is 22.1. The zero-order valence-corrected chi connectivity index (χ0v) is 18.6. The highest BCUT2D eigenvalue weighted by atomic mass is 19.1. The second kappa shape index (κ2) is 8.90. The van der Waals surface area contributed by atoms with Gasteiger partial charge in [0.2, 0.25) is 0 Å². The van der Waals surface area contributed by atoms with Gasteiger partial charge in [0, 0.05) is 17.3 Å². The quantitative estimate of drug-likeness (QED) is 0.357. The number of amides is 1. The topological polar surface area (TPSA) is 101 Å². The highest BCUT2D eigenvalue weighted by Gasteiger charge is 2.21. The van der Waals surface area contributed by atoms with Crippen molar-refractivity contribution in [1.29, 1.82) is 0 Å². The molecule has 8 heteroatoms. The summed E-state index contributed by atoms with van der Waals surface area (Å²) in [5, 5.41) is 15.2. The van der Waals surface area contributed by atoms with E-state index in [1.54, 1.807) is 36.4 Å². The van der Waals surface area contributed by atoms with E-state index in [0.717, 1.165) is 17.3 Å². The summed E-state index contributed by atoms with van der Waals surface area (Å²) in [6.45, 7) is 0. The number of carboxylic acid groups (broad SMARTS) is 1. The summed E-state index contributed by atoms with van der Waals surface area (Å²) in [5.74, 6) is -1.18. The number of nitrogens with one attached hydrogen (secondary N) is 2. The Morgan fingerprint density at radius 3 is 2.43 bits per heavy atom. The Morgan fingerprint density at radius 2 is 1.69 bits per heavy atom. The number of hydrogen-bond acceptors (Lipinski definition) is 5. The van der Waals surface area contributed by atoms with E-state index in [-0.39, 0.29) is 12.3 Å². The molecule has 1 aromatic heterocycles. The molecule has 0 spiro atoms. The molecule has 174 valence electrons. The predicted molar refractivity (Wildman–Crippen MR) is 131 cm³/mol. The zero-order chi connectivity index (χ0) is 24.5. The molecule has 0 aliphatic carbocycles. The Labute approximate surface area is 200 Å². The Balaban J connectivity index is 1.52.